The third-order valence-corrected chi connectivity index (χ3v) is 8.29. The number of nitrogens with zero attached hydrogens (tertiary/aromatic N) is 2. The number of hydrogen-bond acceptors (Lipinski definition) is 4. The van der Waals surface area contributed by atoms with Crippen LogP contribution in [0.3, 0.4) is 0 Å². The lowest BCUT2D eigenvalue weighted by Crippen LogP contribution is -2.33. The monoisotopic (exact) mass is 421 g/mol. The van der Waals surface area contributed by atoms with Crippen LogP contribution in [-0.4, -0.2) is 44.8 Å². The molecule has 1 N–H and O–H groups in total. The van der Waals surface area contributed by atoms with Crippen molar-refractivity contribution in [1.29, 1.82) is 0 Å². The van der Waals surface area contributed by atoms with Crippen molar-refractivity contribution >= 4 is 27.3 Å². The first-order valence-corrected chi connectivity index (χ1v) is 12.6. The van der Waals surface area contributed by atoms with E-state index < -0.39 is 10.0 Å². The van der Waals surface area contributed by atoms with Gasteiger partial charge in [-0.25, -0.2) is 8.42 Å². The van der Waals surface area contributed by atoms with Crippen molar-refractivity contribution in [1.82, 2.24) is 4.31 Å². The maximum atomic E-state index is 13.0. The predicted octanol–water partition coefficient (Wildman–Crippen LogP) is 4.23. The fourth-order valence-corrected chi connectivity index (χ4v) is 5.98. The average molecular weight is 422 g/mol. The van der Waals surface area contributed by atoms with Gasteiger partial charge in [0, 0.05) is 32.1 Å². The van der Waals surface area contributed by atoms with Crippen LogP contribution in [-0.2, 0) is 14.8 Å². The Labute approximate surface area is 175 Å². The zero-order valence-corrected chi connectivity index (χ0v) is 18.6. The molecule has 29 heavy (non-hydrogen) atoms. The molecule has 1 saturated heterocycles. The zero-order valence-electron chi connectivity index (χ0n) is 17.8. The van der Waals surface area contributed by atoms with Gasteiger partial charge >= 0.3 is 0 Å². The standard InChI is InChI=1S/C22H35N3O3S/c1-3-25(4-2)29(27,28)19-13-14-21(24-15-9-6-10-16-24)20(17-19)23-22(26)18-11-7-5-8-12-18/h13-14,17-18H,3-12,15-16H2,1-2H3,(H,23,26). The molecular weight excluding hydrogens is 386 g/mol. The van der Waals surface area contributed by atoms with E-state index in [1.165, 1.54) is 17.1 Å². The van der Waals surface area contributed by atoms with Gasteiger partial charge in [-0.05, 0) is 50.3 Å². The molecule has 0 radical (unpaired) electrons. The second kappa shape index (κ2) is 9.94. The summed E-state index contributed by atoms with van der Waals surface area (Å²) in [5.74, 6) is 0.0568. The highest BCUT2D eigenvalue weighted by atomic mass is 32.2. The lowest BCUT2D eigenvalue weighted by atomic mass is 9.88. The molecule has 2 aliphatic rings. The number of piperidine rings is 1. The molecule has 1 aliphatic heterocycles. The minimum absolute atomic E-state index is 0.0281. The lowest BCUT2D eigenvalue weighted by molar-refractivity contribution is -0.120. The van der Waals surface area contributed by atoms with Crippen molar-refractivity contribution in [3.63, 3.8) is 0 Å². The Bertz CT molecular complexity index is 794. The molecule has 1 aliphatic carbocycles. The third-order valence-electron chi connectivity index (χ3n) is 6.24. The van der Waals surface area contributed by atoms with Crippen LogP contribution in [0, 0.1) is 5.92 Å². The lowest BCUT2D eigenvalue weighted by Gasteiger charge is -2.31. The van der Waals surface area contributed by atoms with Gasteiger partial charge in [0.25, 0.3) is 0 Å². The summed E-state index contributed by atoms with van der Waals surface area (Å²) in [5.41, 5.74) is 1.57. The van der Waals surface area contributed by atoms with E-state index in [4.69, 9.17) is 0 Å². The van der Waals surface area contributed by atoms with Gasteiger partial charge in [0.1, 0.15) is 0 Å². The molecule has 3 rings (SSSR count). The molecule has 1 heterocycles. The smallest absolute Gasteiger partial charge is 0.243 e. The number of benzene rings is 1. The van der Waals surface area contributed by atoms with Crippen LogP contribution >= 0.6 is 0 Å². The summed E-state index contributed by atoms with van der Waals surface area (Å²) >= 11 is 0. The Balaban J connectivity index is 1.93. The van der Waals surface area contributed by atoms with E-state index in [2.05, 4.69) is 10.2 Å². The number of hydrogen-bond donors (Lipinski definition) is 1. The van der Waals surface area contributed by atoms with Gasteiger partial charge in [0.05, 0.1) is 16.3 Å². The first-order valence-electron chi connectivity index (χ1n) is 11.2. The van der Waals surface area contributed by atoms with Gasteiger partial charge in [-0.15, -0.1) is 0 Å². The first-order chi connectivity index (χ1) is 14.0. The number of carbonyl (C=O) groups excluding carboxylic acids is 1. The van der Waals surface area contributed by atoms with Crippen molar-refractivity contribution in [3.05, 3.63) is 18.2 Å². The molecule has 0 spiro atoms. The van der Waals surface area contributed by atoms with Crippen LogP contribution in [0.1, 0.15) is 65.2 Å². The molecule has 0 aromatic heterocycles. The summed E-state index contributed by atoms with van der Waals surface area (Å²) in [5, 5.41) is 3.10. The Morgan fingerprint density at radius 1 is 1.03 bits per heavy atom. The number of sulfonamides is 1. The SMILES string of the molecule is CCN(CC)S(=O)(=O)c1ccc(N2CCCCC2)c(NC(=O)C2CCCCC2)c1. The molecule has 0 atom stereocenters. The maximum absolute atomic E-state index is 13.0. The Morgan fingerprint density at radius 3 is 2.28 bits per heavy atom. The van der Waals surface area contributed by atoms with Crippen LogP contribution in [0.2, 0.25) is 0 Å². The number of amides is 1. The number of rotatable bonds is 7. The topological polar surface area (TPSA) is 69.7 Å². The number of anilines is 2. The number of carbonyl (C=O) groups is 1. The third kappa shape index (κ3) is 5.12. The van der Waals surface area contributed by atoms with Gasteiger partial charge in [-0.1, -0.05) is 33.1 Å². The van der Waals surface area contributed by atoms with Crippen molar-refractivity contribution < 1.29 is 13.2 Å². The summed E-state index contributed by atoms with van der Waals surface area (Å²) in [6, 6.07) is 5.23. The highest BCUT2D eigenvalue weighted by Crippen LogP contribution is 2.33. The van der Waals surface area contributed by atoms with E-state index in [0.717, 1.165) is 57.3 Å². The van der Waals surface area contributed by atoms with Gasteiger partial charge in [0.2, 0.25) is 15.9 Å². The Morgan fingerprint density at radius 2 is 1.66 bits per heavy atom. The summed E-state index contributed by atoms with van der Waals surface area (Å²) in [6.07, 6.45) is 8.67. The first kappa shape index (κ1) is 22.1. The highest BCUT2D eigenvalue weighted by Gasteiger charge is 2.26. The fraction of sp³-hybridized carbons (Fsp3) is 0.682. The molecule has 2 fully saturated rings. The quantitative estimate of drug-likeness (QED) is 0.715. The molecule has 1 aromatic carbocycles. The van der Waals surface area contributed by atoms with E-state index in [-0.39, 0.29) is 16.7 Å². The second-order valence-corrected chi connectivity index (χ2v) is 10.1. The van der Waals surface area contributed by atoms with E-state index in [1.54, 1.807) is 12.1 Å². The van der Waals surface area contributed by atoms with E-state index in [0.29, 0.717) is 18.8 Å². The molecule has 7 heteroatoms. The molecule has 1 aromatic rings. The van der Waals surface area contributed by atoms with Gasteiger partial charge in [-0.3, -0.25) is 4.79 Å². The minimum Gasteiger partial charge on any atom is -0.370 e. The average Bonchev–Trinajstić information content (AvgIpc) is 2.75. The maximum Gasteiger partial charge on any atom is 0.243 e. The van der Waals surface area contributed by atoms with Crippen LogP contribution in [0.25, 0.3) is 0 Å². The molecule has 1 saturated carbocycles. The Kier molecular flexibility index (Phi) is 7.57. The molecular formula is C22H35N3O3S. The van der Waals surface area contributed by atoms with Crippen LogP contribution < -0.4 is 10.2 Å². The van der Waals surface area contributed by atoms with Crippen molar-refractivity contribution in [2.45, 2.75) is 70.1 Å². The van der Waals surface area contributed by atoms with E-state index in [9.17, 15) is 13.2 Å². The van der Waals surface area contributed by atoms with Crippen LogP contribution in [0.4, 0.5) is 11.4 Å². The van der Waals surface area contributed by atoms with Crippen molar-refractivity contribution in [2.24, 2.45) is 5.92 Å². The second-order valence-electron chi connectivity index (χ2n) is 8.14. The molecule has 162 valence electrons. The molecule has 6 nitrogen and oxygen atoms in total. The van der Waals surface area contributed by atoms with Crippen molar-refractivity contribution in [2.75, 3.05) is 36.4 Å². The summed E-state index contributed by atoms with van der Waals surface area (Å²) in [4.78, 5) is 15.4. The fourth-order valence-electron chi connectivity index (χ4n) is 4.50. The summed E-state index contributed by atoms with van der Waals surface area (Å²) < 4.78 is 27.5. The largest absolute Gasteiger partial charge is 0.370 e. The highest BCUT2D eigenvalue weighted by molar-refractivity contribution is 7.89. The normalized spacial score (nSPS) is 18.8. The van der Waals surface area contributed by atoms with Crippen molar-refractivity contribution in [3.8, 4) is 0 Å². The predicted molar refractivity (Wildman–Crippen MR) is 118 cm³/mol. The van der Waals surface area contributed by atoms with Crippen LogP contribution in [0.5, 0.6) is 0 Å². The zero-order chi connectivity index (χ0) is 20.9. The molecule has 1 amide bonds. The van der Waals surface area contributed by atoms with Crippen LogP contribution in [0.15, 0.2) is 23.1 Å². The molecule has 0 unspecified atom stereocenters. The summed E-state index contributed by atoms with van der Waals surface area (Å²) in [7, 11) is -3.57. The van der Waals surface area contributed by atoms with Gasteiger partial charge in [0.15, 0.2) is 0 Å². The number of nitrogens with one attached hydrogen (secondary N) is 1. The Hall–Kier alpha value is -1.60. The van der Waals surface area contributed by atoms with E-state index >= 15 is 0 Å². The summed E-state index contributed by atoms with van der Waals surface area (Å²) in [6.45, 7) is 6.42. The minimum atomic E-state index is -3.57. The molecule has 0 bridgehead atoms. The van der Waals surface area contributed by atoms with Gasteiger partial charge < -0.3 is 10.2 Å². The van der Waals surface area contributed by atoms with Gasteiger partial charge in [-0.2, -0.15) is 4.31 Å². The van der Waals surface area contributed by atoms with E-state index in [1.807, 2.05) is 19.9 Å².